The van der Waals surface area contributed by atoms with Crippen molar-refractivity contribution in [2.24, 2.45) is 0 Å². The lowest BCUT2D eigenvalue weighted by Gasteiger charge is -2.24. The van der Waals surface area contributed by atoms with Crippen molar-refractivity contribution in [1.82, 2.24) is 5.32 Å². The predicted molar refractivity (Wildman–Crippen MR) is 132 cm³/mol. The van der Waals surface area contributed by atoms with Crippen molar-refractivity contribution in [3.63, 3.8) is 0 Å². The molecule has 1 aliphatic rings. The van der Waals surface area contributed by atoms with Crippen LogP contribution in [0.5, 0.6) is 0 Å². The number of benzene rings is 3. The quantitative estimate of drug-likeness (QED) is 0.514. The van der Waals surface area contributed by atoms with Crippen molar-refractivity contribution in [3.8, 4) is 0 Å². The van der Waals surface area contributed by atoms with E-state index in [-0.39, 0.29) is 11.4 Å². The molecule has 6 nitrogen and oxygen atoms in total. The first-order valence-electron chi connectivity index (χ1n) is 10.9. The number of hydrogen-bond donors (Lipinski definition) is 1. The molecule has 0 atom stereocenters. The number of hydrogen-bond acceptors (Lipinski definition) is 4. The number of rotatable bonds is 8. The fraction of sp³-hybridized carbons (Fsp3) is 0.240. The molecular formula is C25H26ClN3O3S. The van der Waals surface area contributed by atoms with Crippen LogP contribution in [0, 0.1) is 0 Å². The fourth-order valence-electron chi connectivity index (χ4n) is 3.85. The Labute approximate surface area is 199 Å². The standard InChI is InChI=1S/C25H26ClN3O3S/c26-21-7-6-8-23(17-21)29(33(31,32)24-9-2-1-3-10-24)19-25(30)27-18-20-11-13-22(14-12-20)28-15-4-5-16-28/h1-3,6-14,17H,4-5,15-16,18-19H2,(H,27,30). The average molecular weight is 484 g/mol. The second-order valence-corrected chi connectivity index (χ2v) is 10.2. The summed E-state index contributed by atoms with van der Waals surface area (Å²) in [6.45, 7) is 2.11. The first-order chi connectivity index (χ1) is 15.9. The molecule has 0 aromatic heterocycles. The molecule has 4 rings (SSSR count). The SMILES string of the molecule is O=C(CN(c1cccc(Cl)c1)S(=O)(=O)c1ccccc1)NCc1ccc(N2CCCC2)cc1. The molecule has 3 aromatic carbocycles. The van der Waals surface area contributed by atoms with Gasteiger partial charge < -0.3 is 10.2 Å². The molecular weight excluding hydrogens is 458 g/mol. The van der Waals surface area contributed by atoms with Gasteiger partial charge in [-0.25, -0.2) is 8.42 Å². The first kappa shape index (κ1) is 23.1. The van der Waals surface area contributed by atoms with Gasteiger partial charge >= 0.3 is 0 Å². The van der Waals surface area contributed by atoms with Gasteiger partial charge in [-0.1, -0.05) is 48.0 Å². The average Bonchev–Trinajstić information content (AvgIpc) is 3.37. The van der Waals surface area contributed by atoms with E-state index in [4.69, 9.17) is 11.6 Å². The van der Waals surface area contributed by atoms with E-state index in [2.05, 4.69) is 22.3 Å². The van der Waals surface area contributed by atoms with Crippen LogP contribution in [-0.2, 0) is 21.4 Å². The molecule has 1 fully saturated rings. The van der Waals surface area contributed by atoms with Crippen LogP contribution in [0.2, 0.25) is 5.02 Å². The normalized spacial score (nSPS) is 13.7. The molecule has 1 N–H and O–H groups in total. The van der Waals surface area contributed by atoms with E-state index < -0.39 is 15.9 Å². The Morgan fingerprint density at radius 1 is 0.939 bits per heavy atom. The Balaban J connectivity index is 1.47. The molecule has 33 heavy (non-hydrogen) atoms. The second kappa shape index (κ2) is 10.3. The van der Waals surface area contributed by atoms with Gasteiger partial charge in [0.1, 0.15) is 6.54 Å². The number of nitrogens with zero attached hydrogens (tertiary/aromatic N) is 2. The van der Waals surface area contributed by atoms with Crippen molar-refractivity contribution in [2.45, 2.75) is 24.3 Å². The van der Waals surface area contributed by atoms with Crippen LogP contribution in [0.25, 0.3) is 0 Å². The molecule has 1 amide bonds. The van der Waals surface area contributed by atoms with Gasteiger partial charge in [-0.15, -0.1) is 0 Å². The number of anilines is 2. The summed E-state index contributed by atoms with van der Waals surface area (Å²) < 4.78 is 27.7. The summed E-state index contributed by atoms with van der Waals surface area (Å²) in [5, 5.41) is 3.22. The van der Waals surface area contributed by atoms with Crippen LogP contribution in [0.1, 0.15) is 18.4 Å². The highest BCUT2D eigenvalue weighted by molar-refractivity contribution is 7.92. The molecule has 1 saturated heterocycles. The second-order valence-electron chi connectivity index (χ2n) is 7.94. The smallest absolute Gasteiger partial charge is 0.264 e. The van der Waals surface area contributed by atoms with Gasteiger partial charge in [0.25, 0.3) is 10.0 Å². The lowest BCUT2D eigenvalue weighted by Crippen LogP contribution is -2.40. The highest BCUT2D eigenvalue weighted by Crippen LogP contribution is 2.26. The third-order valence-electron chi connectivity index (χ3n) is 5.61. The van der Waals surface area contributed by atoms with Crippen molar-refractivity contribution in [1.29, 1.82) is 0 Å². The number of halogens is 1. The maximum absolute atomic E-state index is 13.3. The van der Waals surface area contributed by atoms with E-state index in [9.17, 15) is 13.2 Å². The van der Waals surface area contributed by atoms with Crippen LogP contribution in [0.4, 0.5) is 11.4 Å². The summed E-state index contributed by atoms with van der Waals surface area (Å²) in [4.78, 5) is 15.2. The Hall–Kier alpha value is -3.03. The maximum atomic E-state index is 13.3. The van der Waals surface area contributed by atoms with Gasteiger partial charge in [-0.3, -0.25) is 9.10 Å². The van der Waals surface area contributed by atoms with Crippen molar-refractivity contribution in [3.05, 3.63) is 89.4 Å². The highest BCUT2D eigenvalue weighted by Gasteiger charge is 2.27. The third-order valence-corrected chi connectivity index (χ3v) is 7.64. The van der Waals surface area contributed by atoms with Crippen LogP contribution < -0.4 is 14.5 Å². The van der Waals surface area contributed by atoms with Gasteiger partial charge in [0.2, 0.25) is 5.91 Å². The molecule has 1 heterocycles. The van der Waals surface area contributed by atoms with Crippen molar-refractivity contribution in [2.75, 3.05) is 28.8 Å². The van der Waals surface area contributed by atoms with Gasteiger partial charge in [-0.05, 0) is 60.9 Å². The van der Waals surface area contributed by atoms with E-state index in [0.717, 1.165) is 23.0 Å². The fourth-order valence-corrected chi connectivity index (χ4v) is 5.47. The summed E-state index contributed by atoms with van der Waals surface area (Å²) in [7, 11) is -3.96. The summed E-state index contributed by atoms with van der Waals surface area (Å²) in [5.74, 6) is -0.405. The van der Waals surface area contributed by atoms with Crippen LogP contribution in [0.3, 0.4) is 0 Å². The number of sulfonamides is 1. The molecule has 172 valence electrons. The van der Waals surface area contributed by atoms with E-state index in [1.54, 1.807) is 36.4 Å². The first-order valence-corrected chi connectivity index (χ1v) is 12.7. The molecule has 3 aromatic rings. The van der Waals surface area contributed by atoms with E-state index in [0.29, 0.717) is 17.3 Å². The van der Waals surface area contributed by atoms with Crippen molar-refractivity contribution >= 4 is 38.9 Å². The summed E-state index contributed by atoms with van der Waals surface area (Å²) in [5.41, 5.74) is 2.46. The van der Waals surface area contributed by atoms with Crippen LogP contribution >= 0.6 is 11.6 Å². The molecule has 8 heteroatoms. The molecule has 0 unspecified atom stereocenters. The zero-order chi connectivity index (χ0) is 23.3. The minimum Gasteiger partial charge on any atom is -0.372 e. The Kier molecular flexibility index (Phi) is 7.20. The summed E-state index contributed by atoms with van der Waals surface area (Å²) >= 11 is 6.10. The van der Waals surface area contributed by atoms with Gasteiger partial charge in [-0.2, -0.15) is 0 Å². The van der Waals surface area contributed by atoms with Crippen LogP contribution in [0.15, 0.2) is 83.8 Å². The van der Waals surface area contributed by atoms with Crippen LogP contribution in [-0.4, -0.2) is 34.0 Å². The number of carbonyl (C=O) groups is 1. The monoisotopic (exact) mass is 483 g/mol. The lowest BCUT2D eigenvalue weighted by molar-refractivity contribution is -0.119. The van der Waals surface area contributed by atoms with E-state index in [1.165, 1.54) is 36.7 Å². The van der Waals surface area contributed by atoms with Gasteiger partial charge in [0.05, 0.1) is 10.6 Å². The summed E-state index contributed by atoms with van der Waals surface area (Å²) in [6, 6.07) is 22.6. The number of carbonyl (C=O) groups excluding carboxylic acids is 1. The Morgan fingerprint density at radius 2 is 1.64 bits per heavy atom. The Morgan fingerprint density at radius 3 is 2.30 bits per heavy atom. The molecule has 0 spiro atoms. The largest absolute Gasteiger partial charge is 0.372 e. The number of amides is 1. The van der Waals surface area contributed by atoms with E-state index in [1.807, 2.05) is 12.1 Å². The molecule has 0 aliphatic carbocycles. The molecule has 0 saturated carbocycles. The minimum absolute atomic E-state index is 0.107. The minimum atomic E-state index is -3.96. The topological polar surface area (TPSA) is 69.7 Å². The molecule has 0 bridgehead atoms. The Bertz CT molecular complexity index is 1200. The zero-order valence-corrected chi connectivity index (χ0v) is 19.7. The third kappa shape index (κ3) is 5.67. The molecule has 1 aliphatic heterocycles. The van der Waals surface area contributed by atoms with Gasteiger partial charge in [0, 0.05) is 30.3 Å². The predicted octanol–water partition coefficient (Wildman–Crippen LogP) is 4.45. The van der Waals surface area contributed by atoms with Crippen molar-refractivity contribution < 1.29 is 13.2 Å². The lowest BCUT2D eigenvalue weighted by atomic mass is 10.2. The summed E-state index contributed by atoms with van der Waals surface area (Å²) in [6.07, 6.45) is 2.43. The van der Waals surface area contributed by atoms with Gasteiger partial charge in [0.15, 0.2) is 0 Å². The van der Waals surface area contributed by atoms with E-state index >= 15 is 0 Å². The number of nitrogens with one attached hydrogen (secondary N) is 1. The highest BCUT2D eigenvalue weighted by atomic mass is 35.5. The zero-order valence-electron chi connectivity index (χ0n) is 18.2. The maximum Gasteiger partial charge on any atom is 0.264 e. The molecule has 0 radical (unpaired) electrons.